The Morgan fingerprint density at radius 1 is 1.59 bits per heavy atom. The summed E-state index contributed by atoms with van der Waals surface area (Å²) >= 11 is 1.37. The first-order valence-electron chi connectivity index (χ1n) is 5.02. The number of benzene rings is 1. The molecule has 0 bridgehead atoms. The topological polar surface area (TPSA) is 77.3 Å². The van der Waals surface area contributed by atoms with E-state index >= 15 is 0 Å². The van der Waals surface area contributed by atoms with Crippen molar-refractivity contribution >= 4 is 27.2 Å². The number of nitrogens with zero attached hydrogens (tertiary/aromatic N) is 2. The van der Waals surface area contributed by atoms with Crippen molar-refractivity contribution in [2.24, 2.45) is 0 Å². The molecule has 0 saturated heterocycles. The highest BCUT2D eigenvalue weighted by molar-refractivity contribution is 7.16. The van der Waals surface area contributed by atoms with E-state index in [0.717, 1.165) is 4.70 Å². The number of nitrogens with one attached hydrogen (secondary N) is 1. The van der Waals surface area contributed by atoms with Gasteiger partial charge in [0.05, 0.1) is 15.1 Å². The van der Waals surface area contributed by atoms with Gasteiger partial charge in [-0.1, -0.05) is 0 Å². The fourth-order valence-electron chi connectivity index (χ4n) is 1.45. The summed E-state index contributed by atoms with van der Waals surface area (Å²) in [5.74, 6) is 0.267. The summed E-state index contributed by atoms with van der Waals surface area (Å²) in [4.78, 5) is 14.6. The molecule has 2 rings (SSSR count). The first kappa shape index (κ1) is 11.7. The predicted molar refractivity (Wildman–Crippen MR) is 65.7 cm³/mol. The number of fused-ring (bicyclic) bond motifs is 1. The molecule has 7 heteroatoms. The summed E-state index contributed by atoms with van der Waals surface area (Å²) in [6.45, 7) is 1.01. The first-order chi connectivity index (χ1) is 8.24. The van der Waals surface area contributed by atoms with E-state index in [4.69, 9.17) is 4.74 Å². The lowest BCUT2D eigenvalue weighted by Gasteiger charge is -2.06. The van der Waals surface area contributed by atoms with E-state index in [2.05, 4.69) is 10.3 Å². The molecule has 1 aromatic carbocycles. The van der Waals surface area contributed by atoms with E-state index in [1.165, 1.54) is 11.3 Å². The minimum atomic E-state index is -0.448. The molecule has 0 aliphatic carbocycles. The lowest BCUT2D eigenvalue weighted by molar-refractivity contribution is -0.384. The van der Waals surface area contributed by atoms with E-state index < -0.39 is 4.92 Å². The number of hydrogen-bond donors (Lipinski definition) is 1. The second kappa shape index (κ2) is 5.07. The highest BCUT2D eigenvalue weighted by Gasteiger charge is 2.21. The van der Waals surface area contributed by atoms with E-state index in [0.29, 0.717) is 18.7 Å². The van der Waals surface area contributed by atoms with Gasteiger partial charge in [-0.3, -0.25) is 10.1 Å². The molecule has 0 unspecified atom stereocenters. The van der Waals surface area contributed by atoms with Gasteiger partial charge in [0.25, 0.3) is 0 Å². The number of thiazole rings is 1. The van der Waals surface area contributed by atoms with Crippen LogP contribution in [0.2, 0.25) is 0 Å². The number of hydrogen-bond acceptors (Lipinski definition) is 6. The number of rotatable bonds is 5. The van der Waals surface area contributed by atoms with Gasteiger partial charge < -0.3 is 10.1 Å². The third-order valence-electron chi connectivity index (χ3n) is 2.23. The largest absolute Gasteiger partial charge is 0.485 e. The number of nitro benzene ring substituents is 1. The number of aromatic nitrogens is 1. The summed E-state index contributed by atoms with van der Waals surface area (Å²) in [6.07, 6.45) is 0. The molecule has 0 amide bonds. The van der Waals surface area contributed by atoms with Gasteiger partial charge in [0.2, 0.25) is 0 Å². The van der Waals surface area contributed by atoms with Crippen molar-refractivity contribution in [1.82, 2.24) is 10.3 Å². The van der Waals surface area contributed by atoms with Crippen LogP contribution in [0.4, 0.5) is 5.69 Å². The summed E-state index contributed by atoms with van der Waals surface area (Å²) in [5.41, 5.74) is 1.93. The molecule has 6 nitrogen and oxygen atoms in total. The minimum Gasteiger partial charge on any atom is -0.485 e. The van der Waals surface area contributed by atoms with Crippen molar-refractivity contribution in [3.8, 4) is 5.75 Å². The van der Waals surface area contributed by atoms with Crippen LogP contribution in [0, 0.1) is 10.1 Å². The Morgan fingerprint density at radius 2 is 2.41 bits per heavy atom. The average Bonchev–Trinajstić information content (AvgIpc) is 2.76. The Balaban J connectivity index is 2.39. The molecule has 1 N–H and O–H groups in total. The molecule has 90 valence electrons. The van der Waals surface area contributed by atoms with Crippen LogP contribution < -0.4 is 10.1 Å². The number of ether oxygens (including phenoxy) is 1. The van der Waals surface area contributed by atoms with Gasteiger partial charge in [0.1, 0.15) is 6.61 Å². The monoisotopic (exact) mass is 253 g/mol. The van der Waals surface area contributed by atoms with Gasteiger partial charge in [-0.05, 0) is 19.2 Å². The Bertz CT molecular complexity index is 541. The molecule has 0 atom stereocenters. The summed E-state index contributed by atoms with van der Waals surface area (Å²) in [7, 11) is 1.79. The van der Waals surface area contributed by atoms with Crippen LogP contribution in [0.25, 0.3) is 10.2 Å². The third-order valence-corrected chi connectivity index (χ3v) is 3.03. The second-order valence-electron chi connectivity index (χ2n) is 3.32. The van der Waals surface area contributed by atoms with Crippen LogP contribution in [0.15, 0.2) is 17.6 Å². The maximum Gasteiger partial charge on any atom is 0.337 e. The molecule has 1 aromatic heterocycles. The second-order valence-corrected chi connectivity index (χ2v) is 4.21. The standard InChI is InChI=1S/C10H11N3O3S/c1-11-4-5-16-7-2-3-8-9(12-6-17-8)10(7)13(14)15/h2-3,6,11H,4-5H2,1H3. The van der Waals surface area contributed by atoms with Gasteiger partial charge in [-0.15, -0.1) is 11.3 Å². The fraction of sp³-hybridized carbons (Fsp3) is 0.300. The predicted octanol–water partition coefficient (Wildman–Crippen LogP) is 1.80. The molecule has 2 aromatic rings. The number of likely N-dealkylation sites (N-methyl/N-ethyl adjacent to an activating group) is 1. The quantitative estimate of drug-likeness (QED) is 0.499. The molecule has 1 heterocycles. The van der Waals surface area contributed by atoms with E-state index in [1.807, 2.05) is 0 Å². The van der Waals surface area contributed by atoms with Crippen LogP contribution in [0.3, 0.4) is 0 Å². The van der Waals surface area contributed by atoms with Gasteiger partial charge in [-0.25, -0.2) is 4.98 Å². The van der Waals surface area contributed by atoms with Crippen molar-refractivity contribution < 1.29 is 9.66 Å². The molecule has 0 fully saturated rings. The number of nitro groups is 1. The van der Waals surface area contributed by atoms with Crippen LogP contribution in [0.5, 0.6) is 5.75 Å². The van der Waals surface area contributed by atoms with Crippen molar-refractivity contribution in [1.29, 1.82) is 0 Å². The molecule has 0 aliphatic heterocycles. The Kier molecular flexibility index (Phi) is 3.50. The van der Waals surface area contributed by atoms with Crippen molar-refractivity contribution in [2.45, 2.75) is 0 Å². The molecule has 0 spiro atoms. The Labute approximate surface area is 101 Å². The van der Waals surface area contributed by atoms with Crippen LogP contribution in [-0.4, -0.2) is 30.1 Å². The molecule has 0 aliphatic rings. The van der Waals surface area contributed by atoms with Gasteiger partial charge in [-0.2, -0.15) is 0 Å². The maximum absolute atomic E-state index is 11.0. The molecule has 0 radical (unpaired) electrons. The van der Waals surface area contributed by atoms with Crippen molar-refractivity contribution in [3.05, 3.63) is 27.8 Å². The molecule has 17 heavy (non-hydrogen) atoms. The van der Waals surface area contributed by atoms with Crippen LogP contribution in [0.1, 0.15) is 0 Å². The fourth-order valence-corrected chi connectivity index (χ4v) is 2.13. The van der Waals surface area contributed by atoms with Gasteiger partial charge >= 0.3 is 5.69 Å². The molecular weight excluding hydrogens is 242 g/mol. The highest BCUT2D eigenvalue weighted by Crippen LogP contribution is 2.35. The van der Waals surface area contributed by atoms with E-state index in [-0.39, 0.29) is 11.4 Å². The SMILES string of the molecule is CNCCOc1ccc2scnc2c1[N+](=O)[O-]. The Morgan fingerprint density at radius 3 is 3.12 bits per heavy atom. The smallest absolute Gasteiger partial charge is 0.337 e. The lowest BCUT2D eigenvalue weighted by Crippen LogP contribution is -2.16. The molecular formula is C10H11N3O3S. The Hall–Kier alpha value is -1.73. The normalized spacial score (nSPS) is 10.6. The zero-order valence-electron chi connectivity index (χ0n) is 9.17. The zero-order chi connectivity index (χ0) is 12.3. The first-order valence-corrected chi connectivity index (χ1v) is 5.90. The summed E-state index contributed by atoms with van der Waals surface area (Å²) in [6, 6.07) is 3.41. The van der Waals surface area contributed by atoms with Gasteiger partial charge in [0, 0.05) is 6.54 Å². The minimum absolute atomic E-state index is 0.0557. The lowest BCUT2D eigenvalue weighted by atomic mass is 10.2. The summed E-state index contributed by atoms with van der Waals surface area (Å²) in [5, 5.41) is 14.0. The highest BCUT2D eigenvalue weighted by atomic mass is 32.1. The van der Waals surface area contributed by atoms with Crippen molar-refractivity contribution in [3.63, 3.8) is 0 Å². The van der Waals surface area contributed by atoms with E-state index in [1.54, 1.807) is 24.7 Å². The van der Waals surface area contributed by atoms with Crippen LogP contribution in [-0.2, 0) is 0 Å². The zero-order valence-corrected chi connectivity index (χ0v) is 9.99. The summed E-state index contributed by atoms with van der Waals surface area (Å²) < 4.78 is 6.17. The van der Waals surface area contributed by atoms with E-state index in [9.17, 15) is 10.1 Å². The maximum atomic E-state index is 11.0. The van der Waals surface area contributed by atoms with Crippen molar-refractivity contribution in [2.75, 3.05) is 20.2 Å². The average molecular weight is 253 g/mol. The van der Waals surface area contributed by atoms with Crippen LogP contribution >= 0.6 is 11.3 Å². The third kappa shape index (κ3) is 2.34. The molecule has 0 saturated carbocycles. The van der Waals surface area contributed by atoms with Gasteiger partial charge in [0.15, 0.2) is 11.3 Å².